The van der Waals surface area contributed by atoms with Crippen LogP contribution in [-0.4, -0.2) is 4.98 Å². The highest BCUT2D eigenvalue weighted by molar-refractivity contribution is 9.10. The van der Waals surface area contributed by atoms with Crippen molar-refractivity contribution in [3.8, 4) is 0 Å². The van der Waals surface area contributed by atoms with Crippen LogP contribution in [0.1, 0.15) is 24.2 Å². The number of aromatic nitrogens is 1. The molecule has 18 heavy (non-hydrogen) atoms. The van der Waals surface area contributed by atoms with Crippen LogP contribution >= 0.6 is 15.9 Å². The van der Waals surface area contributed by atoms with Crippen LogP contribution in [0.25, 0.3) is 0 Å². The summed E-state index contributed by atoms with van der Waals surface area (Å²) < 4.78 is 14.1. The van der Waals surface area contributed by atoms with Crippen molar-refractivity contribution in [3.63, 3.8) is 0 Å². The fraction of sp³-hybridized carbons (Fsp3) is 0.214. The summed E-state index contributed by atoms with van der Waals surface area (Å²) in [7, 11) is 0. The molecule has 1 N–H and O–H groups in total. The van der Waals surface area contributed by atoms with Crippen molar-refractivity contribution in [3.05, 3.63) is 64.1 Å². The molecule has 0 aliphatic rings. The first-order chi connectivity index (χ1) is 8.65. The smallest absolute Gasteiger partial charge is 0.123 e. The number of halogens is 2. The van der Waals surface area contributed by atoms with Gasteiger partial charge in [0, 0.05) is 23.3 Å². The lowest BCUT2D eigenvalue weighted by Gasteiger charge is -2.14. The molecule has 0 bridgehead atoms. The zero-order chi connectivity index (χ0) is 13.0. The number of hydrogen-bond acceptors (Lipinski definition) is 2. The summed E-state index contributed by atoms with van der Waals surface area (Å²) in [5.74, 6) is -0.206. The molecule has 1 aromatic carbocycles. The average Bonchev–Trinajstić information content (AvgIpc) is 2.38. The van der Waals surface area contributed by atoms with E-state index in [2.05, 4.69) is 26.2 Å². The Kier molecular flexibility index (Phi) is 4.44. The predicted molar refractivity (Wildman–Crippen MR) is 73.6 cm³/mol. The number of pyridine rings is 1. The van der Waals surface area contributed by atoms with Crippen molar-refractivity contribution in [2.45, 2.75) is 19.5 Å². The highest BCUT2D eigenvalue weighted by Gasteiger charge is 2.05. The lowest BCUT2D eigenvalue weighted by atomic mass is 10.1. The summed E-state index contributed by atoms with van der Waals surface area (Å²) in [6.45, 7) is 2.67. The monoisotopic (exact) mass is 308 g/mol. The Balaban J connectivity index is 1.96. The van der Waals surface area contributed by atoms with Gasteiger partial charge in [0.25, 0.3) is 0 Å². The minimum atomic E-state index is -0.206. The topological polar surface area (TPSA) is 24.9 Å². The predicted octanol–water partition coefficient (Wildman–Crippen LogP) is 3.83. The molecular formula is C14H14BrFN2. The van der Waals surface area contributed by atoms with E-state index in [-0.39, 0.29) is 11.9 Å². The molecule has 0 radical (unpaired) electrons. The van der Waals surface area contributed by atoms with Crippen LogP contribution in [0.3, 0.4) is 0 Å². The van der Waals surface area contributed by atoms with Crippen LogP contribution in [0.2, 0.25) is 0 Å². The van der Waals surface area contributed by atoms with E-state index in [4.69, 9.17) is 0 Å². The maximum Gasteiger partial charge on any atom is 0.123 e. The molecule has 0 saturated carbocycles. The fourth-order valence-corrected chi connectivity index (χ4v) is 1.90. The number of hydrogen-bond donors (Lipinski definition) is 1. The lowest BCUT2D eigenvalue weighted by molar-refractivity contribution is 0.559. The molecule has 0 unspecified atom stereocenters. The van der Waals surface area contributed by atoms with Gasteiger partial charge in [-0.3, -0.25) is 4.98 Å². The Morgan fingerprint density at radius 1 is 1.33 bits per heavy atom. The Morgan fingerprint density at radius 2 is 2.17 bits per heavy atom. The average molecular weight is 309 g/mol. The first-order valence-corrected chi connectivity index (χ1v) is 6.54. The zero-order valence-corrected chi connectivity index (χ0v) is 11.6. The van der Waals surface area contributed by atoms with E-state index in [0.717, 1.165) is 15.7 Å². The molecule has 2 nitrogen and oxygen atoms in total. The zero-order valence-electron chi connectivity index (χ0n) is 10.0. The number of nitrogens with zero attached hydrogens (tertiary/aromatic N) is 1. The normalized spacial score (nSPS) is 12.4. The second-order valence-electron chi connectivity index (χ2n) is 4.13. The molecule has 1 atom stereocenters. The van der Waals surface area contributed by atoms with Gasteiger partial charge in [-0.05, 0) is 52.7 Å². The molecule has 0 spiro atoms. The highest BCUT2D eigenvalue weighted by atomic mass is 79.9. The van der Waals surface area contributed by atoms with E-state index in [0.29, 0.717) is 6.54 Å². The number of rotatable bonds is 4. The van der Waals surface area contributed by atoms with Crippen LogP contribution in [0.5, 0.6) is 0 Å². The van der Waals surface area contributed by atoms with Crippen LogP contribution in [-0.2, 0) is 6.54 Å². The Bertz CT molecular complexity index is 513. The summed E-state index contributed by atoms with van der Waals surface area (Å²) in [5.41, 5.74) is 1.90. The minimum absolute atomic E-state index is 0.0890. The third-order valence-corrected chi connectivity index (χ3v) is 3.20. The maximum absolute atomic E-state index is 13.1. The van der Waals surface area contributed by atoms with Gasteiger partial charge in [0.2, 0.25) is 0 Å². The van der Waals surface area contributed by atoms with Gasteiger partial charge >= 0.3 is 0 Å². The molecule has 2 aromatic rings. The second-order valence-corrected chi connectivity index (χ2v) is 5.04. The summed E-state index contributed by atoms with van der Waals surface area (Å²) in [6.07, 6.45) is 1.77. The van der Waals surface area contributed by atoms with Gasteiger partial charge in [0.1, 0.15) is 5.82 Å². The molecule has 1 heterocycles. The Labute approximate surface area is 114 Å². The number of nitrogens with one attached hydrogen (secondary N) is 1. The first-order valence-electron chi connectivity index (χ1n) is 5.74. The van der Waals surface area contributed by atoms with Crippen LogP contribution in [0, 0.1) is 5.82 Å². The minimum Gasteiger partial charge on any atom is -0.305 e. The van der Waals surface area contributed by atoms with E-state index in [9.17, 15) is 4.39 Å². The van der Waals surface area contributed by atoms with Crippen molar-refractivity contribution in [2.24, 2.45) is 0 Å². The van der Waals surface area contributed by atoms with E-state index in [1.165, 1.54) is 6.07 Å². The summed E-state index contributed by atoms with van der Waals surface area (Å²) in [5, 5.41) is 3.32. The summed E-state index contributed by atoms with van der Waals surface area (Å²) >= 11 is 3.35. The van der Waals surface area contributed by atoms with Gasteiger partial charge in [0.05, 0.1) is 5.69 Å². The SMILES string of the molecule is C[C@H](NCc1ccc(Br)cn1)c1cccc(F)c1. The van der Waals surface area contributed by atoms with Crippen molar-refractivity contribution < 1.29 is 4.39 Å². The van der Waals surface area contributed by atoms with Crippen molar-refractivity contribution >= 4 is 15.9 Å². The quantitative estimate of drug-likeness (QED) is 0.928. The van der Waals surface area contributed by atoms with Crippen molar-refractivity contribution in [2.75, 3.05) is 0 Å². The number of benzene rings is 1. The Morgan fingerprint density at radius 3 is 2.83 bits per heavy atom. The highest BCUT2D eigenvalue weighted by Crippen LogP contribution is 2.14. The van der Waals surface area contributed by atoms with Crippen molar-refractivity contribution in [1.82, 2.24) is 10.3 Å². The van der Waals surface area contributed by atoms with Crippen LogP contribution in [0.4, 0.5) is 4.39 Å². The van der Waals surface area contributed by atoms with Gasteiger partial charge in [-0.15, -0.1) is 0 Å². The molecule has 0 fully saturated rings. The second kappa shape index (κ2) is 6.07. The molecule has 4 heteroatoms. The third-order valence-electron chi connectivity index (χ3n) is 2.73. The van der Waals surface area contributed by atoms with Gasteiger partial charge in [-0.25, -0.2) is 4.39 Å². The largest absolute Gasteiger partial charge is 0.305 e. The first kappa shape index (κ1) is 13.2. The fourth-order valence-electron chi connectivity index (χ4n) is 1.66. The Hall–Kier alpha value is -1.26. The van der Waals surface area contributed by atoms with Gasteiger partial charge in [-0.1, -0.05) is 12.1 Å². The molecule has 1 aromatic heterocycles. The van der Waals surface area contributed by atoms with Gasteiger partial charge in [0.15, 0.2) is 0 Å². The van der Waals surface area contributed by atoms with Crippen molar-refractivity contribution in [1.29, 1.82) is 0 Å². The van der Waals surface area contributed by atoms with Crippen LogP contribution < -0.4 is 5.32 Å². The third kappa shape index (κ3) is 3.62. The van der Waals surface area contributed by atoms with Gasteiger partial charge in [-0.2, -0.15) is 0 Å². The molecule has 0 aliphatic heterocycles. The summed E-state index contributed by atoms with van der Waals surface area (Å²) in [4.78, 5) is 4.28. The van der Waals surface area contributed by atoms with Crippen LogP contribution in [0.15, 0.2) is 47.1 Å². The summed E-state index contributed by atoms with van der Waals surface area (Å²) in [6, 6.07) is 10.6. The van der Waals surface area contributed by atoms with E-state index < -0.39 is 0 Å². The molecule has 0 aliphatic carbocycles. The maximum atomic E-state index is 13.1. The van der Waals surface area contributed by atoms with E-state index >= 15 is 0 Å². The molecular weight excluding hydrogens is 295 g/mol. The lowest BCUT2D eigenvalue weighted by Crippen LogP contribution is -2.18. The molecule has 0 saturated heterocycles. The standard InChI is InChI=1S/C14H14BrFN2/c1-10(11-3-2-4-13(16)7-11)17-9-14-6-5-12(15)8-18-14/h2-8,10,17H,9H2,1H3/t10-/m0/s1. The van der Waals surface area contributed by atoms with E-state index in [1.54, 1.807) is 18.3 Å². The van der Waals surface area contributed by atoms with Gasteiger partial charge < -0.3 is 5.32 Å². The molecule has 0 amide bonds. The molecule has 94 valence electrons. The molecule has 2 rings (SSSR count). The van der Waals surface area contributed by atoms with E-state index in [1.807, 2.05) is 25.1 Å².